The normalized spacial score (nSPS) is 48.4. The summed E-state index contributed by atoms with van der Waals surface area (Å²) < 4.78 is 37.5. The molecule has 0 amide bonds. The molecule has 3 fully saturated rings. The summed E-state index contributed by atoms with van der Waals surface area (Å²) in [6.45, 7) is 4.27. The summed E-state index contributed by atoms with van der Waals surface area (Å²) in [6.07, 6.45) is 5.83. The lowest BCUT2D eigenvalue weighted by molar-refractivity contribution is -0.136. The number of hydrogen-bond acceptors (Lipinski definition) is 6. The van der Waals surface area contributed by atoms with Crippen LogP contribution in [0.25, 0.3) is 0 Å². The molecule has 0 aromatic rings. The van der Waals surface area contributed by atoms with E-state index in [9.17, 15) is 22.9 Å². The van der Waals surface area contributed by atoms with E-state index in [1.54, 1.807) is 0 Å². The lowest BCUT2D eigenvalue weighted by atomic mass is 9.48. The Balaban J connectivity index is 1.60. The highest BCUT2D eigenvalue weighted by molar-refractivity contribution is 7.80. The predicted molar refractivity (Wildman–Crippen MR) is 92.7 cm³/mol. The van der Waals surface area contributed by atoms with Gasteiger partial charge in [0, 0.05) is 5.41 Å². The van der Waals surface area contributed by atoms with E-state index in [1.807, 2.05) is 6.92 Å². The maximum atomic E-state index is 12.5. The van der Waals surface area contributed by atoms with Gasteiger partial charge in [-0.2, -0.15) is 0 Å². The van der Waals surface area contributed by atoms with E-state index in [4.69, 9.17) is 4.18 Å². The SMILES string of the molecule is C[C@]12CC[C@H](OS(=O)(=O)[O-])CC1=CC[C@@H]1[C@@H]2CC[C@]2(C)C(=O)[C@H](O)C[C@@H]12. The second kappa shape index (κ2) is 5.87. The number of allylic oxidation sites excluding steroid dienone is 1. The summed E-state index contributed by atoms with van der Waals surface area (Å²) in [5.74, 6) is 1.04. The zero-order valence-electron chi connectivity index (χ0n) is 15.3. The van der Waals surface area contributed by atoms with Gasteiger partial charge in [0.25, 0.3) is 0 Å². The number of aliphatic hydroxyl groups excluding tert-OH is 1. The van der Waals surface area contributed by atoms with E-state index in [0.29, 0.717) is 31.1 Å². The Bertz CT molecular complexity index is 758. The number of ketones is 1. The fourth-order valence-electron chi connectivity index (χ4n) is 6.67. The van der Waals surface area contributed by atoms with Crippen molar-refractivity contribution >= 4 is 16.2 Å². The molecule has 6 nitrogen and oxygen atoms in total. The predicted octanol–water partition coefficient (Wildman–Crippen LogP) is 2.33. The van der Waals surface area contributed by atoms with Crippen molar-refractivity contribution in [1.29, 1.82) is 0 Å². The van der Waals surface area contributed by atoms with E-state index in [-0.39, 0.29) is 17.1 Å². The van der Waals surface area contributed by atoms with Gasteiger partial charge in [-0.05, 0) is 68.1 Å². The van der Waals surface area contributed by atoms with Crippen LogP contribution < -0.4 is 0 Å². The third-order valence-electron chi connectivity index (χ3n) is 8.04. The van der Waals surface area contributed by atoms with E-state index in [0.717, 1.165) is 25.7 Å². The van der Waals surface area contributed by atoms with Crippen molar-refractivity contribution in [2.45, 2.75) is 71.0 Å². The van der Waals surface area contributed by atoms with Crippen LogP contribution in [0.15, 0.2) is 11.6 Å². The number of rotatable bonds is 2. The summed E-state index contributed by atoms with van der Waals surface area (Å²) in [5, 5.41) is 10.2. The quantitative estimate of drug-likeness (QED) is 0.446. The number of hydrogen-bond donors (Lipinski definition) is 1. The maximum Gasteiger partial charge on any atom is 0.217 e. The van der Waals surface area contributed by atoms with Crippen LogP contribution in [0.3, 0.4) is 0 Å². The molecule has 0 unspecified atom stereocenters. The van der Waals surface area contributed by atoms with E-state index < -0.39 is 28.0 Å². The first-order valence-corrected chi connectivity index (χ1v) is 10.9. The topological polar surface area (TPSA) is 104 Å². The van der Waals surface area contributed by atoms with Crippen molar-refractivity contribution in [3.8, 4) is 0 Å². The highest BCUT2D eigenvalue weighted by Crippen LogP contribution is 2.64. The standard InChI is InChI=1S/C19H28O6S/c1-18-7-5-12(25-26(22,23)24)9-11(18)3-4-13-14(18)6-8-19(2)15(13)10-16(20)17(19)21/h3,12-16,20H,4-10H2,1-2H3,(H,22,23,24)/p-1/t12-,13+,14-,15-,16+,18-,19-/m0/s1. The Hall–Kier alpha value is -0.760. The van der Waals surface area contributed by atoms with Gasteiger partial charge in [-0.3, -0.25) is 8.98 Å². The second-order valence-corrected chi connectivity index (χ2v) is 10.2. The van der Waals surface area contributed by atoms with Crippen LogP contribution in [0.4, 0.5) is 0 Å². The number of carbonyl (C=O) groups is 1. The molecule has 0 heterocycles. The molecule has 0 radical (unpaired) electrons. The van der Waals surface area contributed by atoms with Crippen molar-refractivity contribution in [2.24, 2.45) is 28.6 Å². The van der Waals surface area contributed by atoms with Crippen LogP contribution >= 0.6 is 0 Å². The Morgan fingerprint density at radius 2 is 1.88 bits per heavy atom. The van der Waals surface area contributed by atoms with Gasteiger partial charge in [-0.1, -0.05) is 25.5 Å². The monoisotopic (exact) mass is 383 g/mol. The minimum absolute atomic E-state index is 0.0126. The van der Waals surface area contributed by atoms with Gasteiger partial charge in [-0.15, -0.1) is 0 Å². The minimum atomic E-state index is -4.68. The molecule has 3 saturated carbocycles. The molecule has 26 heavy (non-hydrogen) atoms. The average molecular weight is 383 g/mol. The van der Waals surface area contributed by atoms with Gasteiger partial charge in [0.2, 0.25) is 10.4 Å². The Morgan fingerprint density at radius 1 is 1.19 bits per heavy atom. The molecule has 0 bridgehead atoms. The fraction of sp³-hybridized carbons (Fsp3) is 0.842. The van der Waals surface area contributed by atoms with Gasteiger partial charge in [-0.25, -0.2) is 8.42 Å². The van der Waals surface area contributed by atoms with Crippen molar-refractivity contribution in [3.05, 3.63) is 11.6 Å². The van der Waals surface area contributed by atoms with Gasteiger partial charge in [0.15, 0.2) is 5.78 Å². The largest absolute Gasteiger partial charge is 0.726 e. The number of fused-ring (bicyclic) bond motifs is 5. The first-order valence-electron chi connectivity index (χ1n) is 9.60. The first kappa shape index (κ1) is 18.6. The summed E-state index contributed by atoms with van der Waals surface area (Å²) in [7, 11) is -4.68. The Labute approximate surface area is 155 Å². The lowest BCUT2D eigenvalue weighted by Gasteiger charge is -2.56. The van der Waals surface area contributed by atoms with E-state index in [2.05, 4.69) is 13.0 Å². The van der Waals surface area contributed by atoms with Crippen LogP contribution in [0.1, 0.15) is 58.8 Å². The molecule has 0 spiro atoms. The molecule has 4 rings (SSSR count). The molecule has 0 aromatic heterocycles. The zero-order valence-corrected chi connectivity index (χ0v) is 16.1. The van der Waals surface area contributed by atoms with Crippen molar-refractivity contribution in [1.82, 2.24) is 0 Å². The number of carbonyl (C=O) groups excluding carboxylic acids is 1. The zero-order chi connectivity index (χ0) is 18.9. The molecule has 4 aliphatic rings. The Morgan fingerprint density at radius 3 is 2.58 bits per heavy atom. The molecule has 0 saturated heterocycles. The molecule has 7 atom stereocenters. The highest BCUT2D eigenvalue weighted by Gasteiger charge is 2.60. The van der Waals surface area contributed by atoms with Crippen LogP contribution in [-0.2, 0) is 19.4 Å². The molecule has 0 aliphatic heterocycles. The summed E-state index contributed by atoms with van der Waals surface area (Å²) in [6, 6.07) is 0. The fourth-order valence-corrected chi connectivity index (χ4v) is 7.16. The maximum absolute atomic E-state index is 12.5. The lowest BCUT2D eigenvalue weighted by Crippen LogP contribution is -2.50. The van der Waals surface area contributed by atoms with Crippen molar-refractivity contribution < 1.29 is 27.1 Å². The van der Waals surface area contributed by atoms with Gasteiger partial charge >= 0.3 is 0 Å². The number of aliphatic hydroxyl groups is 1. The Kier molecular flexibility index (Phi) is 4.20. The smallest absolute Gasteiger partial charge is 0.217 e. The molecule has 7 heteroatoms. The van der Waals surface area contributed by atoms with Crippen molar-refractivity contribution in [3.63, 3.8) is 0 Å². The molecule has 146 valence electrons. The molecule has 4 aliphatic carbocycles. The van der Waals surface area contributed by atoms with Crippen LogP contribution in [0.2, 0.25) is 0 Å². The van der Waals surface area contributed by atoms with Gasteiger partial charge < -0.3 is 9.66 Å². The first-order chi connectivity index (χ1) is 12.0. The summed E-state index contributed by atoms with van der Waals surface area (Å²) >= 11 is 0. The van der Waals surface area contributed by atoms with E-state index >= 15 is 0 Å². The summed E-state index contributed by atoms with van der Waals surface area (Å²) in [4.78, 5) is 12.5. The summed E-state index contributed by atoms with van der Waals surface area (Å²) in [5.41, 5.74) is 0.763. The molecular formula is C19H27O6S-. The number of Topliss-reactive ketones (excluding diaryl/α,β-unsaturated/α-hetero) is 1. The van der Waals surface area contributed by atoms with Crippen LogP contribution in [-0.4, -0.2) is 36.1 Å². The molecule has 0 aromatic carbocycles. The second-order valence-electron chi connectivity index (χ2n) is 9.20. The third kappa shape index (κ3) is 2.70. The van der Waals surface area contributed by atoms with Crippen molar-refractivity contribution in [2.75, 3.05) is 0 Å². The van der Waals surface area contributed by atoms with Crippen LogP contribution in [0, 0.1) is 28.6 Å². The van der Waals surface area contributed by atoms with Gasteiger partial charge in [0.05, 0.1) is 6.10 Å². The minimum Gasteiger partial charge on any atom is -0.726 e. The highest BCUT2D eigenvalue weighted by atomic mass is 32.3. The third-order valence-corrected chi connectivity index (χ3v) is 8.55. The molecular weight excluding hydrogens is 356 g/mol. The van der Waals surface area contributed by atoms with Gasteiger partial charge in [0.1, 0.15) is 6.10 Å². The average Bonchev–Trinajstić information content (AvgIpc) is 2.77. The van der Waals surface area contributed by atoms with E-state index in [1.165, 1.54) is 5.57 Å². The molecule has 1 N–H and O–H groups in total. The van der Waals surface area contributed by atoms with Crippen LogP contribution in [0.5, 0.6) is 0 Å².